The molecule has 0 saturated heterocycles. The van der Waals surface area contributed by atoms with Crippen LogP contribution in [-0.2, 0) is 6.54 Å². The lowest BCUT2D eigenvalue weighted by molar-refractivity contribution is 0.102. The molecule has 24 heavy (non-hydrogen) atoms. The van der Waals surface area contributed by atoms with Gasteiger partial charge in [-0.25, -0.2) is 4.98 Å². The summed E-state index contributed by atoms with van der Waals surface area (Å²) in [5.74, 6) is 0.496. The van der Waals surface area contributed by atoms with Gasteiger partial charge in [0.05, 0.1) is 10.6 Å². The second-order valence-electron chi connectivity index (χ2n) is 5.01. The number of nitrogens with zero attached hydrogens (tertiary/aromatic N) is 3. The third-order valence-electron chi connectivity index (χ3n) is 3.33. The van der Waals surface area contributed by atoms with Gasteiger partial charge in [0, 0.05) is 12.1 Å². The van der Waals surface area contributed by atoms with Crippen molar-refractivity contribution >= 4 is 34.6 Å². The van der Waals surface area contributed by atoms with Gasteiger partial charge in [-0.2, -0.15) is 5.10 Å². The molecule has 6 nitrogen and oxygen atoms in total. The SMILES string of the molecule is C=CCn1c(-c2sc(NC(=O)c3ccccc3)nc2C)n[nH]c1=S. The van der Waals surface area contributed by atoms with Gasteiger partial charge in [0.15, 0.2) is 15.7 Å². The molecule has 0 aliphatic rings. The summed E-state index contributed by atoms with van der Waals surface area (Å²) in [4.78, 5) is 17.5. The van der Waals surface area contributed by atoms with E-state index in [2.05, 4.69) is 27.1 Å². The number of allylic oxidation sites excluding steroid dienone is 1. The zero-order valence-corrected chi connectivity index (χ0v) is 14.6. The number of H-pyrrole nitrogens is 1. The molecule has 0 bridgehead atoms. The summed E-state index contributed by atoms with van der Waals surface area (Å²) >= 11 is 6.60. The zero-order valence-electron chi connectivity index (χ0n) is 12.9. The Morgan fingerprint density at radius 3 is 2.92 bits per heavy atom. The molecule has 2 aromatic heterocycles. The molecular formula is C16H15N5OS2. The average Bonchev–Trinajstić information content (AvgIpc) is 3.12. The minimum atomic E-state index is -0.194. The van der Waals surface area contributed by atoms with Crippen molar-refractivity contribution in [2.75, 3.05) is 5.32 Å². The molecule has 0 fully saturated rings. The molecule has 0 aliphatic heterocycles. The minimum Gasteiger partial charge on any atom is -0.298 e. The van der Waals surface area contributed by atoms with Gasteiger partial charge in [-0.15, -0.1) is 6.58 Å². The highest BCUT2D eigenvalue weighted by molar-refractivity contribution is 7.71. The number of aromatic amines is 1. The first-order chi connectivity index (χ1) is 11.6. The summed E-state index contributed by atoms with van der Waals surface area (Å²) in [6, 6.07) is 9.02. The van der Waals surface area contributed by atoms with Gasteiger partial charge in [-0.05, 0) is 31.3 Å². The molecule has 122 valence electrons. The number of anilines is 1. The van der Waals surface area contributed by atoms with Gasteiger partial charge >= 0.3 is 0 Å². The van der Waals surface area contributed by atoms with E-state index in [-0.39, 0.29) is 5.91 Å². The predicted molar refractivity (Wildman–Crippen MR) is 97.8 cm³/mol. The second kappa shape index (κ2) is 6.90. The van der Waals surface area contributed by atoms with Crippen molar-refractivity contribution in [2.45, 2.75) is 13.5 Å². The number of nitrogens with one attached hydrogen (secondary N) is 2. The second-order valence-corrected chi connectivity index (χ2v) is 6.39. The lowest BCUT2D eigenvalue weighted by Gasteiger charge is -2.01. The molecule has 0 saturated carbocycles. The highest BCUT2D eigenvalue weighted by atomic mass is 32.1. The summed E-state index contributed by atoms with van der Waals surface area (Å²) in [5.41, 5.74) is 1.36. The average molecular weight is 357 g/mol. The fraction of sp³-hybridized carbons (Fsp3) is 0.125. The van der Waals surface area contributed by atoms with Gasteiger partial charge in [0.25, 0.3) is 5.91 Å². The first-order valence-electron chi connectivity index (χ1n) is 7.20. The summed E-state index contributed by atoms with van der Waals surface area (Å²) in [7, 11) is 0. The number of carbonyl (C=O) groups excluding carboxylic acids is 1. The molecule has 0 radical (unpaired) electrons. The molecule has 0 aliphatic carbocycles. The van der Waals surface area contributed by atoms with Crippen molar-refractivity contribution in [2.24, 2.45) is 0 Å². The van der Waals surface area contributed by atoms with Crippen LogP contribution in [-0.4, -0.2) is 25.7 Å². The van der Waals surface area contributed by atoms with E-state index >= 15 is 0 Å². The molecule has 1 aromatic carbocycles. The Morgan fingerprint density at radius 2 is 2.21 bits per heavy atom. The Balaban J connectivity index is 1.90. The monoisotopic (exact) mass is 357 g/mol. The van der Waals surface area contributed by atoms with Crippen LogP contribution in [0.4, 0.5) is 5.13 Å². The van der Waals surface area contributed by atoms with Crippen LogP contribution in [0.2, 0.25) is 0 Å². The number of hydrogen-bond donors (Lipinski definition) is 2. The smallest absolute Gasteiger partial charge is 0.257 e. The number of thiazole rings is 1. The van der Waals surface area contributed by atoms with Gasteiger partial charge in [0.2, 0.25) is 0 Å². The fourth-order valence-electron chi connectivity index (χ4n) is 2.21. The van der Waals surface area contributed by atoms with E-state index in [9.17, 15) is 4.79 Å². The summed E-state index contributed by atoms with van der Waals surface area (Å²) in [5, 5.41) is 10.4. The van der Waals surface area contributed by atoms with E-state index < -0.39 is 0 Å². The number of benzene rings is 1. The Kier molecular flexibility index (Phi) is 4.68. The van der Waals surface area contributed by atoms with E-state index in [1.54, 1.807) is 18.2 Å². The van der Waals surface area contributed by atoms with Crippen LogP contribution in [0.15, 0.2) is 43.0 Å². The predicted octanol–water partition coefficient (Wildman–Crippen LogP) is 3.81. The molecule has 3 rings (SSSR count). The number of hydrogen-bond acceptors (Lipinski definition) is 5. The van der Waals surface area contributed by atoms with Crippen LogP contribution in [0.1, 0.15) is 16.1 Å². The highest BCUT2D eigenvalue weighted by Crippen LogP contribution is 2.31. The number of rotatable bonds is 5. The number of amides is 1. The number of carbonyl (C=O) groups is 1. The number of aryl methyl sites for hydroxylation is 1. The van der Waals surface area contributed by atoms with Crippen LogP contribution < -0.4 is 5.32 Å². The third kappa shape index (κ3) is 3.19. The number of aromatic nitrogens is 4. The zero-order chi connectivity index (χ0) is 17.1. The quantitative estimate of drug-likeness (QED) is 0.538. The third-order valence-corrected chi connectivity index (χ3v) is 4.71. The summed E-state index contributed by atoms with van der Waals surface area (Å²) in [6.45, 7) is 6.16. The van der Waals surface area contributed by atoms with Gasteiger partial charge in [-0.1, -0.05) is 35.6 Å². The molecule has 8 heteroatoms. The molecule has 0 unspecified atom stereocenters. The first-order valence-corrected chi connectivity index (χ1v) is 8.43. The van der Waals surface area contributed by atoms with Crippen molar-refractivity contribution in [1.82, 2.24) is 19.7 Å². The Morgan fingerprint density at radius 1 is 1.46 bits per heavy atom. The van der Waals surface area contributed by atoms with E-state index in [0.29, 0.717) is 27.8 Å². The molecule has 2 heterocycles. The van der Waals surface area contributed by atoms with Crippen LogP contribution in [0.25, 0.3) is 10.7 Å². The van der Waals surface area contributed by atoms with E-state index in [4.69, 9.17) is 12.2 Å². The van der Waals surface area contributed by atoms with Crippen LogP contribution in [0, 0.1) is 11.7 Å². The Bertz CT molecular complexity index is 939. The summed E-state index contributed by atoms with van der Waals surface area (Å²) in [6.07, 6.45) is 1.75. The lowest BCUT2D eigenvalue weighted by Crippen LogP contribution is -2.11. The van der Waals surface area contributed by atoms with Crippen LogP contribution in [0.5, 0.6) is 0 Å². The Hall–Kier alpha value is -2.58. The molecule has 3 aromatic rings. The first kappa shape index (κ1) is 16.3. The normalized spacial score (nSPS) is 10.5. The Labute approximate surface area is 147 Å². The van der Waals surface area contributed by atoms with Gasteiger partial charge in [-0.3, -0.25) is 19.8 Å². The molecule has 1 amide bonds. The molecular weight excluding hydrogens is 342 g/mol. The minimum absolute atomic E-state index is 0.194. The molecule has 0 spiro atoms. The van der Waals surface area contributed by atoms with Crippen LogP contribution >= 0.6 is 23.6 Å². The van der Waals surface area contributed by atoms with Crippen molar-refractivity contribution in [1.29, 1.82) is 0 Å². The van der Waals surface area contributed by atoms with Crippen molar-refractivity contribution < 1.29 is 4.79 Å². The fourth-order valence-corrected chi connectivity index (χ4v) is 3.37. The maximum absolute atomic E-state index is 12.2. The van der Waals surface area contributed by atoms with Crippen molar-refractivity contribution in [3.05, 3.63) is 59.0 Å². The maximum Gasteiger partial charge on any atom is 0.257 e. The van der Waals surface area contributed by atoms with E-state index in [1.807, 2.05) is 29.7 Å². The van der Waals surface area contributed by atoms with Gasteiger partial charge < -0.3 is 0 Å². The molecule has 2 N–H and O–H groups in total. The highest BCUT2D eigenvalue weighted by Gasteiger charge is 2.17. The van der Waals surface area contributed by atoms with Crippen molar-refractivity contribution in [3.8, 4) is 10.7 Å². The summed E-state index contributed by atoms with van der Waals surface area (Å²) < 4.78 is 2.36. The lowest BCUT2D eigenvalue weighted by atomic mass is 10.2. The van der Waals surface area contributed by atoms with Gasteiger partial charge in [0.1, 0.15) is 0 Å². The van der Waals surface area contributed by atoms with E-state index in [1.165, 1.54) is 11.3 Å². The maximum atomic E-state index is 12.2. The molecule has 0 atom stereocenters. The van der Waals surface area contributed by atoms with E-state index in [0.717, 1.165) is 10.6 Å². The topological polar surface area (TPSA) is 75.6 Å². The standard InChI is InChI=1S/C16H15N5OS2/c1-3-9-21-13(19-20-16(21)23)12-10(2)17-15(24-12)18-14(22)11-7-5-4-6-8-11/h3-8H,1,9H2,2H3,(H,20,23)(H,17,18,22). The largest absolute Gasteiger partial charge is 0.298 e. The van der Waals surface area contributed by atoms with Crippen molar-refractivity contribution in [3.63, 3.8) is 0 Å². The van der Waals surface area contributed by atoms with Crippen LogP contribution in [0.3, 0.4) is 0 Å².